The van der Waals surface area contributed by atoms with Gasteiger partial charge in [0.1, 0.15) is 0 Å². The Hall–Kier alpha value is -1.29. The van der Waals surface area contributed by atoms with Crippen molar-refractivity contribution in [3.63, 3.8) is 0 Å². The average molecular weight is 184 g/mol. The van der Waals surface area contributed by atoms with Crippen LogP contribution in [-0.2, 0) is 0 Å². The molecular weight excluding hydrogens is 179 g/mol. The van der Waals surface area contributed by atoms with Gasteiger partial charge in [0, 0.05) is 0 Å². The van der Waals surface area contributed by atoms with Gasteiger partial charge < -0.3 is 10.2 Å². The largest absolute Gasteiger partial charge is 0.505 e. The van der Waals surface area contributed by atoms with Crippen LogP contribution >= 0.6 is 11.3 Å². The van der Waals surface area contributed by atoms with Crippen LogP contribution in [0.1, 0.15) is 0 Å². The van der Waals surface area contributed by atoms with Gasteiger partial charge in [0.25, 0.3) is 0 Å². The van der Waals surface area contributed by atoms with Gasteiger partial charge in [-0.1, -0.05) is 11.3 Å². The second kappa shape index (κ2) is 2.35. The van der Waals surface area contributed by atoms with Gasteiger partial charge in [-0.2, -0.15) is 0 Å². The molecule has 1 aromatic heterocycles. The first-order chi connectivity index (χ1) is 5.68. The summed E-state index contributed by atoms with van der Waals surface area (Å²) in [5.41, 5.74) is 0. The second-order valence-corrected chi connectivity index (χ2v) is 3.43. The van der Waals surface area contributed by atoms with E-state index in [2.05, 4.69) is 0 Å². The van der Waals surface area contributed by atoms with Crippen molar-refractivity contribution in [3.05, 3.63) is 24.0 Å². The Morgan fingerprint density at radius 2 is 2.00 bits per heavy atom. The molecule has 2 aromatic rings. The van der Waals surface area contributed by atoms with Crippen LogP contribution in [0.25, 0.3) is 10.1 Å². The lowest BCUT2D eigenvalue weighted by Crippen LogP contribution is -1.73. The summed E-state index contributed by atoms with van der Waals surface area (Å²) in [5.74, 6) is -1.05. The Morgan fingerprint density at radius 1 is 1.25 bits per heavy atom. The zero-order chi connectivity index (χ0) is 8.72. The normalized spacial score (nSPS) is 10.8. The van der Waals surface area contributed by atoms with E-state index in [9.17, 15) is 4.39 Å². The van der Waals surface area contributed by atoms with Crippen LogP contribution in [0.5, 0.6) is 10.8 Å². The van der Waals surface area contributed by atoms with Crippen molar-refractivity contribution in [1.82, 2.24) is 0 Å². The minimum absolute atomic E-state index is 0.0505. The van der Waals surface area contributed by atoms with Crippen LogP contribution in [0.3, 0.4) is 0 Å². The van der Waals surface area contributed by atoms with Crippen molar-refractivity contribution < 1.29 is 14.6 Å². The Morgan fingerprint density at radius 3 is 2.75 bits per heavy atom. The SMILES string of the molecule is Oc1cc2ccc(O)c(F)c2s1. The van der Waals surface area contributed by atoms with E-state index >= 15 is 0 Å². The van der Waals surface area contributed by atoms with Crippen molar-refractivity contribution in [2.45, 2.75) is 0 Å². The molecule has 0 aliphatic carbocycles. The molecule has 2 N–H and O–H groups in total. The molecule has 62 valence electrons. The Labute approximate surface area is 71.5 Å². The van der Waals surface area contributed by atoms with Gasteiger partial charge in [0.2, 0.25) is 0 Å². The van der Waals surface area contributed by atoms with Gasteiger partial charge in [0.05, 0.1) is 4.70 Å². The highest BCUT2D eigenvalue weighted by Gasteiger charge is 2.09. The van der Waals surface area contributed by atoms with Crippen LogP contribution in [0.15, 0.2) is 18.2 Å². The van der Waals surface area contributed by atoms with Crippen molar-refractivity contribution in [2.24, 2.45) is 0 Å². The first kappa shape index (κ1) is 7.36. The van der Waals surface area contributed by atoms with E-state index in [-0.39, 0.29) is 15.5 Å². The van der Waals surface area contributed by atoms with E-state index in [1.807, 2.05) is 0 Å². The third-order valence-corrected chi connectivity index (χ3v) is 2.54. The van der Waals surface area contributed by atoms with Crippen molar-refractivity contribution >= 4 is 21.4 Å². The zero-order valence-electron chi connectivity index (χ0n) is 5.91. The molecule has 2 rings (SSSR count). The molecular formula is C8H5FO2S. The Balaban J connectivity index is 2.89. The first-order valence-corrected chi connectivity index (χ1v) is 4.10. The van der Waals surface area contributed by atoms with Gasteiger partial charge in [0.15, 0.2) is 16.6 Å². The fourth-order valence-electron chi connectivity index (χ4n) is 1.05. The predicted octanol–water partition coefficient (Wildman–Crippen LogP) is 2.45. The molecule has 1 aromatic carbocycles. The van der Waals surface area contributed by atoms with E-state index in [1.165, 1.54) is 12.1 Å². The predicted molar refractivity (Wildman–Crippen MR) is 45.1 cm³/mol. The van der Waals surface area contributed by atoms with Crippen molar-refractivity contribution in [2.75, 3.05) is 0 Å². The fraction of sp³-hybridized carbons (Fsp3) is 0. The summed E-state index contributed by atoms with van der Waals surface area (Å²) in [4.78, 5) is 0. The molecule has 4 heteroatoms. The summed E-state index contributed by atoms with van der Waals surface area (Å²) >= 11 is 0.913. The second-order valence-electron chi connectivity index (χ2n) is 2.40. The maximum absolute atomic E-state index is 13.1. The molecule has 2 nitrogen and oxygen atoms in total. The zero-order valence-corrected chi connectivity index (χ0v) is 6.73. The highest BCUT2D eigenvalue weighted by atomic mass is 32.1. The van der Waals surface area contributed by atoms with Crippen LogP contribution in [0, 0.1) is 5.82 Å². The Kier molecular flexibility index (Phi) is 1.44. The van der Waals surface area contributed by atoms with Crippen molar-refractivity contribution in [1.29, 1.82) is 0 Å². The third-order valence-electron chi connectivity index (χ3n) is 1.59. The number of rotatable bonds is 0. The fourth-order valence-corrected chi connectivity index (χ4v) is 1.88. The molecule has 0 aliphatic heterocycles. The molecule has 0 spiro atoms. The lowest BCUT2D eigenvalue weighted by molar-refractivity contribution is 0.436. The van der Waals surface area contributed by atoms with Gasteiger partial charge in [-0.25, -0.2) is 4.39 Å². The van der Waals surface area contributed by atoms with E-state index in [4.69, 9.17) is 10.2 Å². The van der Waals surface area contributed by atoms with Crippen LogP contribution in [-0.4, -0.2) is 10.2 Å². The molecule has 0 saturated heterocycles. The number of halogens is 1. The molecule has 0 aliphatic rings. The maximum atomic E-state index is 13.1. The number of benzene rings is 1. The summed E-state index contributed by atoms with van der Waals surface area (Å²) in [6.07, 6.45) is 0. The topological polar surface area (TPSA) is 40.5 Å². The molecule has 0 atom stereocenters. The monoisotopic (exact) mass is 184 g/mol. The van der Waals surface area contributed by atoms with Crippen LogP contribution in [0.4, 0.5) is 4.39 Å². The lowest BCUT2D eigenvalue weighted by atomic mass is 10.2. The summed E-state index contributed by atoms with van der Waals surface area (Å²) < 4.78 is 13.3. The van der Waals surface area contributed by atoms with Gasteiger partial charge in [-0.3, -0.25) is 0 Å². The highest BCUT2D eigenvalue weighted by molar-refractivity contribution is 7.20. The summed E-state index contributed by atoms with van der Waals surface area (Å²) in [5, 5.41) is 18.7. The molecule has 0 amide bonds. The molecule has 0 saturated carbocycles. The van der Waals surface area contributed by atoms with Gasteiger partial charge >= 0.3 is 0 Å². The maximum Gasteiger partial charge on any atom is 0.182 e. The number of phenols is 1. The van der Waals surface area contributed by atoms with Crippen LogP contribution < -0.4 is 0 Å². The molecule has 12 heavy (non-hydrogen) atoms. The third kappa shape index (κ3) is 0.921. The number of thiophene rings is 1. The number of aromatic hydroxyl groups is 2. The lowest BCUT2D eigenvalue weighted by Gasteiger charge is -1.93. The number of hydrogen-bond donors (Lipinski definition) is 2. The standard InChI is InChI=1S/C8H5FO2S/c9-7-5(10)2-1-4-3-6(11)12-8(4)7/h1-3,10-11H. The molecule has 0 unspecified atom stereocenters. The van der Waals surface area contributed by atoms with E-state index in [0.29, 0.717) is 5.39 Å². The smallest absolute Gasteiger partial charge is 0.182 e. The number of hydrogen-bond acceptors (Lipinski definition) is 3. The molecule has 0 bridgehead atoms. The van der Waals surface area contributed by atoms with E-state index in [1.54, 1.807) is 6.07 Å². The summed E-state index contributed by atoms with van der Waals surface area (Å²) in [6, 6.07) is 4.29. The molecule has 1 heterocycles. The average Bonchev–Trinajstić information content (AvgIpc) is 2.39. The van der Waals surface area contributed by atoms with E-state index in [0.717, 1.165) is 11.3 Å². The van der Waals surface area contributed by atoms with E-state index < -0.39 is 5.82 Å². The Bertz CT molecular complexity index is 436. The van der Waals surface area contributed by atoms with Gasteiger partial charge in [-0.15, -0.1) is 0 Å². The number of phenolic OH excluding ortho intramolecular Hbond substituents is 1. The quantitative estimate of drug-likeness (QED) is 0.660. The summed E-state index contributed by atoms with van der Waals surface area (Å²) in [7, 11) is 0. The molecule has 0 fully saturated rings. The summed E-state index contributed by atoms with van der Waals surface area (Å²) in [6.45, 7) is 0. The highest BCUT2D eigenvalue weighted by Crippen LogP contribution is 2.35. The number of fused-ring (bicyclic) bond motifs is 1. The minimum atomic E-state index is -0.669. The molecule has 0 radical (unpaired) electrons. The van der Waals surface area contributed by atoms with Crippen molar-refractivity contribution in [3.8, 4) is 10.8 Å². The van der Waals surface area contributed by atoms with Gasteiger partial charge in [-0.05, 0) is 23.6 Å². The minimum Gasteiger partial charge on any atom is -0.505 e. The first-order valence-electron chi connectivity index (χ1n) is 3.28. The van der Waals surface area contributed by atoms with Crippen LogP contribution in [0.2, 0.25) is 0 Å².